The number of rotatable bonds is 5. The fourth-order valence-electron chi connectivity index (χ4n) is 3.65. The first-order valence-electron chi connectivity index (χ1n) is 8.53. The second-order valence-electron chi connectivity index (χ2n) is 6.38. The van der Waals surface area contributed by atoms with Crippen molar-refractivity contribution in [3.05, 3.63) is 60.2 Å². The molecule has 0 aliphatic heterocycles. The van der Waals surface area contributed by atoms with Gasteiger partial charge in [-0.05, 0) is 57.1 Å². The fourth-order valence-corrected chi connectivity index (χ4v) is 3.65. The standard InChI is InChI=1S/C22H20O2/c1-15(23)24-14-3-2-5-16-8-9-19-11-10-17-6-4-7-18-12-13-20(16)22(19)21(17)18/h4,6-13H,2-3,5,14H2,1H3. The average Bonchev–Trinajstić information content (AvgIpc) is 2.60. The number of hydrogen-bond acceptors (Lipinski definition) is 2. The predicted octanol–water partition coefficient (Wildman–Crippen LogP) is 5.47. The Kier molecular flexibility index (Phi) is 3.81. The number of ether oxygens (including phenoxy) is 1. The van der Waals surface area contributed by atoms with Gasteiger partial charge in [0.25, 0.3) is 0 Å². The van der Waals surface area contributed by atoms with E-state index in [1.165, 1.54) is 44.8 Å². The van der Waals surface area contributed by atoms with E-state index in [1.807, 2.05) is 0 Å². The molecule has 24 heavy (non-hydrogen) atoms. The highest BCUT2D eigenvalue weighted by atomic mass is 16.5. The van der Waals surface area contributed by atoms with Crippen LogP contribution in [0.25, 0.3) is 32.3 Å². The van der Waals surface area contributed by atoms with Crippen LogP contribution in [0.3, 0.4) is 0 Å². The summed E-state index contributed by atoms with van der Waals surface area (Å²) in [6.07, 6.45) is 2.94. The number of hydrogen-bond donors (Lipinski definition) is 0. The van der Waals surface area contributed by atoms with Crippen molar-refractivity contribution in [2.45, 2.75) is 26.2 Å². The third kappa shape index (κ3) is 2.58. The van der Waals surface area contributed by atoms with Crippen molar-refractivity contribution in [3.63, 3.8) is 0 Å². The first-order chi connectivity index (χ1) is 11.7. The van der Waals surface area contributed by atoms with Crippen LogP contribution in [0.2, 0.25) is 0 Å². The van der Waals surface area contributed by atoms with Gasteiger partial charge in [0.1, 0.15) is 0 Å². The lowest BCUT2D eigenvalue weighted by Crippen LogP contribution is -2.01. The van der Waals surface area contributed by atoms with Gasteiger partial charge >= 0.3 is 5.97 Å². The van der Waals surface area contributed by atoms with Crippen LogP contribution >= 0.6 is 0 Å². The van der Waals surface area contributed by atoms with Gasteiger partial charge in [-0.25, -0.2) is 0 Å². The van der Waals surface area contributed by atoms with Crippen molar-refractivity contribution in [2.75, 3.05) is 6.61 Å². The minimum atomic E-state index is -0.197. The zero-order chi connectivity index (χ0) is 16.5. The Morgan fingerprint density at radius 2 is 1.50 bits per heavy atom. The quantitative estimate of drug-likeness (QED) is 0.277. The molecule has 0 unspecified atom stereocenters. The van der Waals surface area contributed by atoms with E-state index in [2.05, 4.69) is 54.6 Å². The Hall–Kier alpha value is -2.61. The van der Waals surface area contributed by atoms with Gasteiger partial charge < -0.3 is 4.74 Å². The molecule has 0 heterocycles. The molecule has 0 atom stereocenters. The van der Waals surface area contributed by atoms with Crippen LogP contribution in [0.1, 0.15) is 25.3 Å². The molecule has 0 saturated heterocycles. The zero-order valence-corrected chi connectivity index (χ0v) is 13.8. The molecule has 0 spiro atoms. The number of carbonyl (C=O) groups excluding carboxylic acids is 1. The Balaban J connectivity index is 1.70. The summed E-state index contributed by atoms with van der Waals surface area (Å²) in [5.41, 5.74) is 1.38. The monoisotopic (exact) mass is 316 g/mol. The Morgan fingerprint density at radius 3 is 2.25 bits per heavy atom. The van der Waals surface area contributed by atoms with Gasteiger partial charge in [-0.1, -0.05) is 54.6 Å². The topological polar surface area (TPSA) is 26.3 Å². The summed E-state index contributed by atoms with van der Waals surface area (Å²) in [6.45, 7) is 1.97. The molecular weight excluding hydrogens is 296 g/mol. The summed E-state index contributed by atoms with van der Waals surface area (Å²) in [5, 5.41) is 8.01. The van der Waals surface area contributed by atoms with E-state index in [0.29, 0.717) is 6.61 Å². The molecule has 120 valence electrons. The maximum atomic E-state index is 10.8. The van der Waals surface area contributed by atoms with E-state index in [1.54, 1.807) is 0 Å². The molecule has 0 amide bonds. The molecular formula is C22H20O2. The van der Waals surface area contributed by atoms with Crippen molar-refractivity contribution in [3.8, 4) is 0 Å². The smallest absolute Gasteiger partial charge is 0.302 e. The lowest BCUT2D eigenvalue weighted by Gasteiger charge is -2.14. The third-order valence-electron chi connectivity index (χ3n) is 4.76. The largest absolute Gasteiger partial charge is 0.466 e. The molecule has 2 nitrogen and oxygen atoms in total. The van der Waals surface area contributed by atoms with Crippen molar-refractivity contribution in [1.29, 1.82) is 0 Å². The van der Waals surface area contributed by atoms with Gasteiger partial charge in [0.05, 0.1) is 6.61 Å². The van der Waals surface area contributed by atoms with Gasteiger partial charge in [-0.3, -0.25) is 4.79 Å². The van der Waals surface area contributed by atoms with E-state index in [9.17, 15) is 4.79 Å². The lowest BCUT2D eigenvalue weighted by molar-refractivity contribution is -0.141. The molecule has 0 aliphatic rings. The van der Waals surface area contributed by atoms with Crippen LogP contribution in [0.15, 0.2) is 54.6 Å². The van der Waals surface area contributed by atoms with Crippen molar-refractivity contribution in [2.24, 2.45) is 0 Å². The summed E-state index contributed by atoms with van der Waals surface area (Å²) in [7, 11) is 0. The molecule has 0 N–H and O–H groups in total. The van der Waals surface area contributed by atoms with Gasteiger partial charge in [0, 0.05) is 6.92 Å². The number of unbranched alkanes of at least 4 members (excludes halogenated alkanes) is 1. The molecule has 0 saturated carbocycles. The van der Waals surface area contributed by atoms with E-state index >= 15 is 0 Å². The van der Waals surface area contributed by atoms with Crippen LogP contribution in [0.5, 0.6) is 0 Å². The van der Waals surface area contributed by atoms with Crippen molar-refractivity contribution < 1.29 is 9.53 Å². The number of benzene rings is 4. The van der Waals surface area contributed by atoms with E-state index in [-0.39, 0.29) is 5.97 Å². The van der Waals surface area contributed by atoms with Gasteiger partial charge in [0.2, 0.25) is 0 Å². The van der Waals surface area contributed by atoms with Crippen LogP contribution in [0.4, 0.5) is 0 Å². The zero-order valence-electron chi connectivity index (χ0n) is 13.8. The molecule has 0 fully saturated rings. The van der Waals surface area contributed by atoms with E-state index < -0.39 is 0 Å². The van der Waals surface area contributed by atoms with Crippen LogP contribution in [-0.4, -0.2) is 12.6 Å². The summed E-state index contributed by atoms with van der Waals surface area (Å²) in [4.78, 5) is 10.8. The number of carbonyl (C=O) groups is 1. The second-order valence-corrected chi connectivity index (χ2v) is 6.38. The summed E-state index contributed by atoms with van der Waals surface area (Å²) in [6, 6.07) is 19.9. The number of esters is 1. The molecule has 0 bridgehead atoms. The summed E-state index contributed by atoms with van der Waals surface area (Å²) >= 11 is 0. The Bertz CT molecular complexity index is 1000. The molecule has 4 aromatic rings. The minimum absolute atomic E-state index is 0.197. The van der Waals surface area contributed by atoms with Crippen molar-refractivity contribution in [1.82, 2.24) is 0 Å². The Morgan fingerprint density at radius 1 is 0.833 bits per heavy atom. The van der Waals surface area contributed by atoms with Crippen LogP contribution < -0.4 is 0 Å². The third-order valence-corrected chi connectivity index (χ3v) is 4.76. The molecule has 0 aliphatic carbocycles. The first kappa shape index (κ1) is 14.9. The number of aryl methyl sites for hydroxylation is 1. The van der Waals surface area contributed by atoms with E-state index in [0.717, 1.165) is 19.3 Å². The predicted molar refractivity (Wildman–Crippen MR) is 99.7 cm³/mol. The van der Waals surface area contributed by atoms with Gasteiger partial charge in [-0.2, -0.15) is 0 Å². The highest BCUT2D eigenvalue weighted by molar-refractivity contribution is 6.23. The summed E-state index contributed by atoms with van der Waals surface area (Å²) < 4.78 is 5.02. The Labute approximate surface area is 141 Å². The average molecular weight is 316 g/mol. The van der Waals surface area contributed by atoms with E-state index in [4.69, 9.17) is 4.74 Å². The molecule has 4 rings (SSSR count). The highest BCUT2D eigenvalue weighted by Crippen LogP contribution is 2.36. The SMILES string of the molecule is CC(=O)OCCCCc1ccc2ccc3cccc4ccc1c2c34. The van der Waals surface area contributed by atoms with Gasteiger partial charge in [-0.15, -0.1) is 0 Å². The highest BCUT2D eigenvalue weighted by Gasteiger charge is 2.10. The van der Waals surface area contributed by atoms with Crippen LogP contribution in [0, 0.1) is 0 Å². The molecule has 2 heteroatoms. The molecule has 0 aromatic heterocycles. The van der Waals surface area contributed by atoms with Crippen LogP contribution in [-0.2, 0) is 16.0 Å². The minimum Gasteiger partial charge on any atom is -0.466 e. The molecule has 4 aromatic carbocycles. The fraction of sp³-hybridized carbons (Fsp3) is 0.227. The maximum absolute atomic E-state index is 10.8. The van der Waals surface area contributed by atoms with Crippen molar-refractivity contribution >= 4 is 38.3 Å². The maximum Gasteiger partial charge on any atom is 0.302 e. The summed E-state index contributed by atoms with van der Waals surface area (Å²) in [5.74, 6) is -0.197. The first-order valence-corrected chi connectivity index (χ1v) is 8.53. The normalized spacial score (nSPS) is 11.5. The molecule has 0 radical (unpaired) electrons. The second kappa shape index (κ2) is 6.12. The van der Waals surface area contributed by atoms with Gasteiger partial charge in [0.15, 0.2) is 0 Å². The lowest BCUT2D eigenvalue weighted by atomic mass is 9.91.